The largest absolute Gasteiger partial charge is 0.368 e. The van der Waals surface area contributed by atoms with Crippen LogP contribution in [-0.2, 0) is 9.59 Å². The van der Waals surface area contributed by atoms with Crippen molar-refractivity contribution in [2.45, 2.75) is 38.6 Å². The molecule has 88 valence electrons. The van der Waals surface area contributed by atoms with Crippen molar-refractivity contribution in [1.82, 2.24) is 5.32 Å². The molecule has 0 radical (unpaired) electrons. The van der Waals surface area contributed by atoms with Gasteiger partial charge in [-0.25, -0.2) is 0 Å². The van der Waals surface area contributed by atoms with Gasteiger partial charge in [0.05, 0.1) is 4.83 Å². The van der Waals surface area contributed by atoms with Crippen LogP contribution >= 0.6 is 15.9 Å². The summed E-state index contributed by atoms with van der Waals surface area (Å²) in [5.41, 5.74) is 5.19. The Morgan fingerprint density at radius 3 is 1.87 bits per heavy atom. The molecule has 0 saturated heterocycles. The molecule has 2 unspecified atom stereocenters. The second kappa shape index (κ2) is 6.10. The SMILES string of the molecule is CC(C)C(Br)C(=O)NC(C(N)=O)C(C)C. The van der Waals surface area contributed by atoms with Gasteiger partial charge in [-0.15, -0.1) is 0 Å². The second-order valence-electron chi connectivity index (χ2n) is 4.28. The zero-order valence-electron chi connectivity index (χ0n) is 9.58. The van der Waals surface area contributed by atoms with Crippen LogP contribution in [0, 0.1) is 11.8 Å². The maximum atomic E-state index is 11.6. The van der Waals surface area contributed by atoms with E-state index in [9.17, 15) is 9.59 Å². The molecular weight excluding hydrogens is 260 g/mol. The third kappa shape index (κ3) is 4.64. The summed E-state index contributed by atoms with van der Waals surface area (Å²) in [4.78, 5) is 22.4. The van der Waals surface area contributed by atoms with Gasteiger partial charge in [0.2, 0.25) is 11.8 Å². The van der Waals surface area contributed by atoms with Crippen LogP contribution < -0.4 is 11.1 Å². The van der Waals surface area contributed by atoms with Gasteiger partial charge in [-0.2, -0.15) is 0 Å². The van der Waals surface area contributed by atoms with Crippen molar-refractivity contribution in [3.63, 3.8) is 0 Å². The Labute approximate surface area is 99.1 Å². The summed E-state index contributed by atoms with van der Waals surface area (Å²) in [6.07, 6.45) is 0. The van der Waals surface area contributed by atoms with Crippen LogP contribution in [0.4, 0.5) is 0 Å². The molecule has 0 spiro atoms. The number of halogens is 1. The van der Waals surface area contributed by atoms with E-state index in [1.807, 2.05) is 27.7 Å². The zero-order chi connectivity index (χ0) is 12.2. The number of hydrogen-bond donors (Lipinski definition) is 2. The molecular formula is C10H19BrN2O2. The van der Waals surface area contributed by atoms with Gasteiger partial charge < -0.3 is 11.1 Å². The zero-order valence-corrected chi connectivity index (χ0v) is 11.2. The Morgan fingerprint density at radius 1 is 1.13 bits per heavy atom. The van der Waals surface area contributed by atoms with Crippen molar-refractivity contribution in [2.75, 3.05) is 0 Å². The first-order valence-electron chi connectivity index (χ1n) is 5.01. The molecule has 0 aromatic carbocycles. The van der Waals surface area contributed by atoms with Gasteiger partial charge in [0, 0.05) is 0 Å². The normalized spacial score (nSPS) is 15.1. The highest BCUT2D eigenvalue weighted by Crippen LogP contribution is 2.13. The molecule has 0 bridgehead atoms. The standard InChI is InChI=1S/C10H19BrN2O2/c1-5(2)7(11)10(15)13-8(6(3)4)9(12)14/h5-8H,1-4H3,(H2,12,14)(H,13,15). The first kappa shape index (κ1) is 14.4. The molecule has 15 heavy (non-hydrogen) atoms. The van der Waals surface area contributed by atoms with Crippen LogP contribution in [0.3, 0.4) is 0 Å². The monoisotopic (exact) mass is 278 g/mol. The van der Waals surface area contributed by atoms with Gasteiger partial charge in [-0.05, 0) is 11.8 Å². The fraction of sp³-hybridized carbons (Fsp3) is 0.800. The van der Waals surface area contributed by atoms with E-state index in [2.05, 4.69) is 21.2 Å². The molecule has 0 rings (SSSR count). The summed E-state index contributed by atoms with van der Waals surface area (Å²) < 4.78 is 0. The molecule has 3 N–H and O–H groups in total. The Kier molecular flexibility index (Phi) is 5.87. The van der Waals surface area contributed by atoms with E-state index in [1.165, 1.54) is 0 Å². The lowest BCUT2D eigenvalue weighted by molar-refractivity contribution is -0.128. The van der Waals surface area contributed by atoms with Crippen LogP contribution in [0.2, 0.25) is 0 Å². The van der Waals surface area contributed by atoms with E-state index < -0.39 is 11.9 Å². The fourth-order valence-corrected chi connectivity index (χ4v) is 1.23. The molecule has 0 aromatic rings. The molecule has 0 fully saturated rings. The van der Waals surface area contributed by atoms with Crippen LogP contribution in [0.25, 0.3) is 0 Å². The number of hydrogen-bond acceptors (Lipinski definition) is 2. The lowest BCUT2D eigenvalue weighted by Gasteiger charge is -2.22. The van der Waals surface area contributed by atoms with Gasteiger partial charge in [-0.1, -0.05) is 43.6 Å². The molecule has 0 heterocycles. The summed E-state index contributed by atoms with van der Waals surface area (Å²) in [5, 5.41) is 2.64. The summed E-state index contributed by atoms with van der Waals surface area (Å²) in [6.45, 7) is 7.53. The molecule has 0 aromatic heterocycles. The topological polar surface area (TPSA) is 72.2 Å². The van der Waals surface area contributed by atoms with Gasteiger partial charge in [0.15, 0.2) is 0 Å². The van der Waals surface area contributed by atoms with E-state index in [0.717, 1.165) is 0 Å². The minimum atomic E-state index is -0.601. The van der Waals surface area contributed by atoms with Crippen molar-refractivity contribution in [3.05, 3.63) is 0 Å². The minimum Gasteiger partial charge on any atom is -0.368 e. The van der Waals surface area contributed by atoms with Crippen molar-refractivity contribution in [2.24, 2.45) is 17.6 Å². The number of primary amides is 1. The van der Waals surface area contributed by atoms with Crippen molar-refractivity contribution >= 4 is 27.7 Å². The fourth-order valence-electron chi connectivity index (χ4n) is 1.10. The quantitative estimate of drug-likeness (QED) is 0.738. The van der Waals surface area contributed by atoms with Gasteiger partial charge in [-0.3, -0.25) is 9.59 Å². The molecule has 0 saturated carbocycles. The van der Waals surface area contributed by atoms with Crippen molar-refractivity contribution < 1.29 is 9.59 Å². The lowest BCUT2D eigenvalue weighted by atomic mass is 10.0. The maximum absolute atomic E-state index is 11.6. The number of alkyl halides is 1. The smallest absolute Gasteiger partial charge is 0.240 e. The summed E-state index contributed by atoms with van der Waals surface area (Å²) >= 11 is 3.27. The number of amides is 2. The first-order valence-corrected chi connectivity index (χ1v) is 5.92. The Balaban J connectivity index is 4.43. The third-order valence-corrected chi connectivity index (χ3v) is 3.58. The molecule has 4 nitrogen and oxygen atoms in total. The van der Waals surface area contributed by atoms with Crippen LogP contribution in [-0.4, -0.2) is 22.7 Å². The molecule has 2 amide bonds. The van der Waals surface area contributed by atoms with Crippen LogP contribution in [0.15, 0.2) is 0 Å². The maximum Gasteiger partial charge on any atom is 0.240 e. The average Bonchev–Trinajstić information content (AvgIpc) is 2.11. The van der Waals surface area contributed by atoms with Gasteiger partial charge >= 0.3 is 0 Å². The predicted molar refractivity (Wildman–Crippen MR) is 63.5 cm³/mol. The van der Waals surface area contributed by atoms with Crippen molar-refractivity contribution in [1.29, 1.82) is 0 Å². The number of nitrogens with two attached hydrogens (primary N) is 1. The number of rotatable bonds is 5. The highest BCUT2D eigenvalue weighted by molar-refractivity contribution is 9.10. The van der Waals surface area contributed by atoms with E-state index in [1.54, 1.807) is 0 Å². The summed E-state index contributed by atoms with van der Waals surface area (Å²) in [6, 6.07) is -0.601. The number of carbonyl (C=O) groups excluding carboxylic acids is 2. The lowest BCUT2D eigenvalue weighted by Crippen LogP contribution is -2.50. The second-order valence-corrected chi connectivity index (χ2v) is 5.26. The van der Waals surface area contributed by atoms with E-state index in [4.69, 9.17) is 5.73 Å². The molecule has 0 aliphatic heterocycles. The third-order valence-electron chi connectivity index (χ3n) is 2.11. The molecule has 0 aliphatic carbocycles. The summed E-state index contributed by atoms with van der Waals surface area (Å²) in [5.74, 6) is -0.520. The molecule has 0 aliphatic rings. The summed E-state index contributed by atoms with van der Waals surface area (Å²) in [7, 11) is 0. The van der Waals surface area contributed by atoms with E-state index >= 15 is 0 Å². The Morgan fingerprint density at radius 2 is 1.60 bits per heavy atom. The van der Waals surface area contributed by atoms with Crippen LogP contribution in [0.5, 0.6) is 0 Å². The predicted octanol–water partition coefficient (Wildman–Crippen LogP) is 1.03. The van der Waals surface area contributed by atoms with Crippen molar-refractivity contribution in [3.8, 4) is 0 Å². The van der Waals surface area contributed by atoms with Gasteiger partial charge in [0.25, 0.3) is 0 Å². The van der Waals surface area contributed by atoms with E-state index in [0.29, 0.717) is 0 Å². The van der Waals surface area contributed by atoms with E-state index in [-0.39, 0.29) is 22.6 Å². The highest BCUT2D eigenvalue weighted by atomic mass is 79.9. The highest BCUT2D eigenvalue weighted by Gasteiger charge is 2.26. The Bertz CT molecular complexity index is 242. The number of nitrogens with one attached hydrogen (secondary N) is 1. The molecule has 5 heteroatoms. The van der Waals surface area contributed by atoms with Gasteiger partial charge in [0.1, 0.15) is 6.04 Å². The minimum absolute atomic E-state index is 0.00156. The Hall–Kier alpha value is -0.580. The number of carbonyl (C=O) groups is 2. The molecule has 2 atom stereocenters. The average molecular weight is 279 g/mol. The van der Waals surface area contributed by atoms with Crippen LogP contribution in [0.1, 0.15) is 27.7 Å². The first-order chi connectivity index (χ1) is 6.77.